The number of rotatable bonds is 7. The Bertz CT molecular complexity index is 518. The van der Waals surface area contributed by atoms with Gasteiger partial charge in [0.05, 0.1) is 6.04 Å². The average Bonchev–Trinajstić information content (AvgIpc) is 2.94. The Balaban J connectivity index is 1.64. The van der Waals surface area contributed by atoms with Crippen LogP contribution in [0.4, 0.5) is 0 Å². The number of piperidine rings is 1. The maximum absolute atomic E-state index is 13.1. The summed E-state index contributed by atoms with van der Waals surface area (Å²) in [4.78, 5) is 15.2. The number of hydrogen-bond acceptors (Lipinski definition) is 2. The zero-order chi connectivity index (χ0) is 16.9. The molecule has 0 saturated carbocycles. The molecule has 3 atom stereocenters. The van der Waals surface area contributed by atoms with Crippen molar-refractivity contribution in [3.63, 3.8) is 0 Å². The van der Waals surface area contributed by atoms with Gasteiger partial charge in [-0.25, -0.2) is 0 Å². The number of carbonyl (C=O) groups is 1. The summed E-state index contributed by atoms with van der Waals surface area (Å²) in [6.07, 6.45) is 7.91. The maximum Gasteiger partial charge on any atom is 0.223 e. The van der Waals surface area contributed by atoms with Gasteiger partial charge in [0.25, 0.3) is 0 Å². The Morgan fingerprint density at radius 2 is 1.88 bits per heavy atom. The third-order valence-corrected chi connectivity index (χ3v) is 5.86. The molecule has 3 unspecified atom stereocenters. The van der Waals surface area contributed by atoms with Crippen molar-refractivity contribution in [2.24, 2.45) is 5.92 Å². The summed E-state index contributed by atoms with van der Waals surface area (Å²) >= 11 is 0. The van der Waals surface area contributed by atoms with Gasteiger partial charge in [-0.15, -0.1) is 0 Å². The molecule has 0 aliphatic carbocycles. The molecule has 0 aromatic heterocycles. The van der Waals surface area contributed by atoms with E-state index in [9.17, 15) is 4.79 Å². The zero-order valence-electron chi connectivity index (χ0n) is 15.2. The highest BCUT2D eigenvalue weighted by Crippen LogP contribution is 2.33. The van der Waals surface area contributed by atoms with Crippen LogP contribution in [-0.4, -0.2) is 29.4 Å². The number of benzene rings is 1. The van der Waals surface area contributed by atoms with Crippen molar-refractivity contribution in [1.29, 1.82) is 0 Å². The van der Waals surface area contributed by atoms with Crippen molar-refractivity contribution >= 4 is 5.91 Å². The van der Waals surface area contributed by atoms with Gasteiger partial charge in [0.15, 0.2) is 0 Å². The molecular weight excluding hydrogens is 296 g/mol. The second kappa shape index (κ2) is 8.15. The lowest BCUT2D eigenvalue weighted by Gasteiger charge is -2.33. The smallest absolute Gasteiger partial charge is 0.223 e. The van der Waals surface area contributed by atoms with E-state index >= 15 is 0 Å². The predicted octanol–water partition coefficient (Wildman–Crippen LogP) is 4.30. The molecule has 3 heteroatoms. The number of unbranched alkanes of at least 4 members (excludes halogenated alkanes) is 1. The molecule has 2 saturated heterocycles. The minimum atomic E-state index is 0.170. The van der Waals surface area contributed by atoms with E-state index in [1.807, 2.05) is 6.07 Å². The third-order valence-electron chi connectivity index (χ3n) is 5.86. The van der Waals surface area contributed by atoms with Crippen LogP contribution in [-0.2, 0) is 4.79 Å². The van der Waals surface area contributed by atoms with Crippen LogP contribution in [0.15, 0.2) is 30.3 Å². The molecule has 2 bridgehead atoms. The zero-order valence-corrected chi connectivity index (χ0v) is 15.2. The number of carbonyl (C=O) groups excluding carboxylic acids is 1. The van der Waals surface area contributed by atoms with Gasteiger partial charge < -0.3 is 10.2 Å². The fraction of sp³-hybridized carbons (Fsp3) is 0.667. The Morgan fingerprint density at radius 3 is 2.50 bits per heavy atom. The van der Waals surface area contributed by atoms with Crippen LogP contribution in [0.2, 0.25) is 0 Å². The molecule has 24 heavy (non-hydrogen) atoms. The molecule has 1 aromatic rings. The molecule has 2 aliphatic heterocycles. The lowest BCUT2D eigenvalue weighted by Crippen LogP contribution is -2.41. The first kappa shape index (κ1) is 17.5. The van der Waals surface area contributed by atoms with Crippen molar-refractivity contribution in [3.8, 4) is 0 Å². The topological polar surface area (TPSA) is 32.3 Å². The molecular formula is C21H32N2O. The van der Waals surface area contributed by atoms with Gasteiger partial charge in [-0.2, -0.15) is 0 Å². The van der Waals surface area contributed by atoms with Gasteiger partial charge in [0.1, 0.15) is 0 Å². The van der Waals surface area contributed by atoms with Crippen molar-refractivity contribution in [2.45, 2.75) is 76.9 Å². The standard InChI is InChI=1S/C21H32N2O/c1-3-4-12-23(16(2)18-8-6-5-7-9-18)21(24)15-17-13-19-10-11-20(14-17)22-19/h5-9,16-17,19-20,22H,3-4,10-15H2,1-2H3. The molecule has 2 fully saturated rings. The minimum Gasteiger partial charge on any atom is -0.336 e. The van der Waals surface area contributed by atoms with Gasteiger partial charge in [0.2, 0.25) is 5.91 Å². The fourth-order valence-corrected chi connectivity index (χ4v) is 4.48. The molecule has 0 spiro atoms. The maximum atomic E-state index is 13.1. The Kier molecular flexibility index (Phi) is 5.94. The van der Waals surface area contributed by atoms with Crippen LogP contribution in [0.1, 0.15) is 70.4 Å². The molecule has 3 nitrogen and oxygen atoms in total. The second-order valence-corrected chi connectivity index (χ2v) is 7.71. The summed E-state index contributed by atoms with van der Waals surface area (Å²) in [7, 11) is 0. The lowest BCUT2D eigenvalue weighted by atomic mass is 9.89. The average molecular weight is 328 g/mol. The molecule has 132 valence electrons. The van der Waals surface area contributed by atoms with Crippen molar-refractivity contribution in [1.82, 2.24) is 10.2 Å². The predicted molar refractivity (Wildman–Crippen MR) is 98.8 cm³/mol. The van der Waals surface area contributed by atoms with Crippen LogP contribution < -0.4 is 5.32 Å². The van der Waals surface area contributed by atoms with E-state index in [0.717, 1.165) is 25.8 Å². The summed E-state index contributed by atoms with van der Waals surface area (Å²) in [5.74, 6) is 0.925. The first-order chi connectivity index (χ1) is 11.7. The van der Waals surface area contributed by atoms with Gasteiger partial charge in [-0.1, -0.05) is 43.7 Å². The van der Waals surface area contributed by atoms with Crippen LogP contribution in [0.3, 0.4) is 0 Å². The highest BCUT2D eigenvalue weighted by Gasteiger charge is 2.35. The van der Waals surface area contributed by atoms with Gasteiger partial charge in [-0.05, 0) is 50.5 Å². The summed E-state index contributed by atoms with van der Waals surface area (Å²) in [6.45, 7) is 5.25. The number of amides is 1. The van der Waals surface area contributed by atoms with E-state index in [-0.39, 0.29) is 6.04 Å². The molecule has 1 aromatic carbocycles. The minimum absolute atomic E-state index is 0.170. The van der Waals surface area contributed by atoms with Crippen molar-refractivity contribution < 1.29 is 4.79 Å². The molecule has 1 N–H and O–H groups in total. The number of nitrogens with one attached hydrogen (secondary N) is 1. The molecule has 2 aliphatic rings. The highest BCUT2D eigenvalue weighted by atomic mass is 16.2. The lowest BCUT2D eigenvalue weighted by molar-refractivity contribution is -0.134. The number of hydrogen-bond donors (Lipinski definition) is 1. The van der Waals surface area contributed by atoms with Crippen LogP contribution in [0.5, 0.6) is 0 Å². The second-order valence-electron chi connectivity index (χ2n) is 7.71. The molecule has 3 rings (SSSR count). The summed E-state index contributed by atoms with van der Waals surface area (Å²) in [5.41, 5.74) is 1.24. The van der Waals surface area contributed by atoms with E-state index in [4.69, 9.17) is 0 Å². The Morgan fingerprint density at radius 1 is 1.21 bits per heavy atom. The van der Waals surface area contributed by atoms with Gasteiger partial charge in [0, 0.05) is 25.0 Å². The van der Waals surface area contributed by atoms with E-state index in [0.29, 0.717) is 23.9 Å². The Labute approximate surface area is 146 Å². The van der Waals surface area contributed by atoms with E-state index < -0.39 is 0 Å². The van der Waals surface area contributed by atoms with Crippen LogP contribution >= 0.6 is 0 Å². The van der Waals surface area contributed by atoms with E-state index in [2.05, 4.69) is 48.3 Å². The summed E-state index contributed by atoms with van der Waals surface area (Å²) < 4.78 is 0. The van der Waals surface area contributed by atoms with Crippen LogP contribution in [0.25, 0.3) is 0 Å². The number of fused-ring (bicyclic) bond motifs is 2. The number of nitrogens with zero attached hydrogens (tertiary/aromatic N) is 1. The Hall–Kier alpha value is -1.35. The normalized spacial score (nSPS) is 27.0. The van der Waals surface area contributed by atoms with Gasteiger partial charge >= 0.3 is 0 Å². The van der Waals surface area contributed by atoms with Crippen molar-refractivity contribution in [2.75, 3.05) is 6.54 Å². The first-order valence-corrected chi connectivity index (χ1v) is 9.77. The van der Waals surface area contributed by atoms with Crippen LogP contribution in [0, 0.1) is 5.92 Å². The van der Waals surface area contributed by atoms with E-state index in [1.165, 1.54) is 31.2 Å². The summed E-state index contributed by atoms with van der Waals surface area (Å²) in [6, 6.07) is 12.0. The third kappa shape index (κ3) is 4.18. The molecule has 1 amide bonds. The quantitative estimate of drug-likeness (QED) is 0.809. The molecule has 0 radical (unpaired) electrons. The van der Waals surface area contributed by atoms with Gasteiger partial charge in [-0.3, -0.25) is 4.79 Å². The van der Waals surface area contributed by atoms with Crippen molar-refractivity contribution in [3.05, 3.63) is 35.9 Å². The molecule has 2 heterocycles. The largest absolute Gasteiger partial charge is 0.336 e. The monoisotopic (exact) mass is 328 g/mol. The van der Waals surface area contributed by atoms with E-state index in [1.54, 1.807) is 0 Å². The fourth-order valence-electron chi connectivity index (χ4n) is 4.48. The SMILES string of the molecule is CCCCN(C(=O)CC1CC2CCC(C1)N2)C(C)c1ccccc1. The highest BCUT2D eigenvalue weighted by molar-refractivity contribution is 5.77. The summed E-state index contributed by atoms with van der Waals surface area (Å²) in [5, 5.41) is 3.68. The first-order valence-electron chi connectivity index (χ1n) is 9.77.